The van der Waals surface area contributed by atoms with E-state index in [4.69, 9.17) is 4.74 Å². The molecule has 1 aliphatic heterocycles. The van der Waals surface area contributed by atoms with Crippen molar-refractivity contribution in [3.63, 3.8) is 0 Å². The lowest BCUT2D eigenvalue weighted by atomic mass is 10.1. The summed E-state index contributed by atoms with van der Waals surface area (Å²) in [6.45, 7) is 2.64. The van der Waals surface area contributed by atoms with Crippen molar-refractivity contribution in [1.29, 1.82) is 0 Å². The fraction of sp³-hybridized carbons (Fsp3) is 0.357. The lowest BCUT2D eigenvalue weighted by Gasteiger charge is -2.07. The molecule has 1 saturated heterocycles. The molecule has 1 aliphatic rings. The quantitative estimate of drug-likeness (QED) is 0.832. The summed E-state index contributed by atoms with van der Waals surface area (Å²) in [5, 5.41) is 0. The van der Waals surface area contributed by atoms with Gasteiger partial charge < -0.3 is 9.30 Å². The largest absolute Gasteiger partial charge is 0.381 e. The molecule has 18 heavy (non-hydrogen) atoms. The molecular formula is C14H15FN2O. The van der Waals surface area contributed by atoms with Crippen LogP contribution in [0.3, 0.4) is 0 Å². The van der Waals surface area contributed by atoms with Gasteiger partial charge in [-0.15, -0.1) is 0 Å². The van der Waals surface area contributed by atoms with E-state index < -0.39 is 0 Å². The van der Waals surface area contributed by atoms with Gasteiger partial charge in [-0.1, -0.05) is 0 Å². The van der Waals surface area contributed by atoms with E-state index in [1.807, 2.05) is 12.5 Å². The summed E-state index contributed by atoms with van der Waals surface area (Å²) >= 11 is 0. The number of halogens is 1. The maximum atomic E-state index is 12.8. The summed E-state index contributed by atoms with van der Waals surface area (Å²) in [4.78, 5) is 4.36. The highest BCUT2D eigenvalue weighted by Gasteiger charge is 2.16. The third kappa shape index (κ3) is 2.43. The molecule has 3 nitrogen and oxygen atoms in total. The first-order valence-electron chi connectivity index (χ1n) is 6.17. The van der Waals surface area contributed by atoms with Crippen LogP contribution < -0.4 is 0 Å². The van der Waals surface area contributed by atoms with E-state index in [1.165, 1.54) is 12.1 Å². The highest BCUT2D eigenvalue weighted by Crippen LogP contribution is 2.19. The van der Waals surface area contributed by atoms with E-state index in [1.54, 1.807) is 12.1 Å². The van der Waals surface area contributed by atoms with Crippen LogP contribution in [0, 0.1) is 11.7 Å². The predicted molar refractivity (Wildman–Crippen MR) is 66.5 cm³/mol. The molecule has 0 N–H and O–H groups in total. The van der Waals surface area contributed by atoms with Gasteiger partial charge in [0.15, 0.2) is 0 Å². The molecule has 1 aromatic carbocycles. The van der Waals surface area contributed by atoms with Crippen LogP contribution in [-0.4, -0.2) is 22.8 Å². The van der Waals surface area contributed by atoms with Crippen molar-refractivity contribution in [2.45, 2.75) is 13.0 Å². The standard InChI is InChI=1S/C14H15FN2O/c15-13-3-1-12(2-4-13)14-8-17(10-16-14)7-11-5-6-18-9-11/h1-4,8,10-11H,5-7,9H2. The molecule has 3 rings (SSSR count). The van der Waals surface area contributed by atoms with Gasteiger partial charge in [0, 0.05) is 30.8 Å². The van der Waals surface area contributed by atoms with E-state index in [0.717, 1.165) is 37.4 Å². The zero-order valence-corrected chi connectivity index (χ0v) is 10.1. The number of rotatable bonds is 3. The third-order valence-corrected chi connectivity index (χ3v) is 3.27. The number of aromatic nitrogens is 2. The number of ether oxygens (including phenoxy) is 1. The second-order valence-electron chi connectivity index (χ2n) is 4.69. The molecular weight excluding hydrogens is 231 g/mol. The highest BCUT2D eigenvalue weighted by molar-refractivity contribution is 5.57. The van der Waals surface area contributed by atoms with Crippen LogP contribution in [-0.2, 0) is 11.3 Å². The Morgan fingerprint density at radius 1 is 1.33 bits per heavy atom. The van der Waals surface area contributed by atoms with Gasteiger partial charge in [0.05, 0.1) is 18.6 Å². The van der Waals surface area contributed by atoms with Crippen molar-refractivity contribution >= 4 is 0 Å². The Hall–Kier alpha value is -1.68. The molecule has 0 spiro atoms. The molecule has 94 valence electrons. The molecule has 1 fully saturated rings. The molecule has 1 atom stereocenters. The topological polar surface area (TPSA) is 27.1 Å². The number of hydrogen-bond donors (Lipinski definition) is 0. The van der Waals surface area contributed by atoms with Crippen LogP contribution in [0.4, 0.5) is 4.39 Å². The first-order valence-corrected chi connectivity index (χ1v) is 6.17. The second-order valence-corrected chi connectivity index (χ2v) is 4.69. The summed E-state index contributed by atoms with van der Waals surface area (Å²) in [7, 11) is 0. The minimum atomic E-state index is -0.221. The maximum Gasteiger partial charge on any atom is 0.123 e. The van der Waals surface area contributed by atoms with Crippen molar-refractivity contribution in [3.8, 4) is 11.3 Å². The molecule has 2 aromatic rings. The van der Waals surface area contributed by atoms with Gasteiger partial charge in [-0.3, -0.25) is 0 Å². The Labute approximate surface area is 105 Å². The molecule has 1 unspecified atom stereocenters. The van der Waals surface area contributed by atoms with Crippen LogP contribution in [0.15, 0.2) is 36.8 Å². The maximum absolute atomic E-state index is 12.8. The van der Waals surface area contributed by atoms with Gasteiger partial charge >= 0.3 is 0 Å². The average Bonchev–Trinajstić information content (AvgIpc) is 3.02. The number of hydrogen-bond acceptors (Lipinski definition) is 2. The average molecular weight is 246 g/mol. The fourth-order valence-electron chi connectivity index (χ4n) is 2.26. The summed E-state index contributed by atoms with van der Waals surface area (Å²) in [5.41, 5.74) is 1.83. The molecule has 0 bridgehead atoms. The monoisotopic (exact) mass is 246 g/mol. The molecule has 0 radical (unpaired) electrons. The number of nitrogens with zero attached hydrogens (tertiary/aromatic N) is 2. The van der Waals surface area contributed by atoms with E-state index in [-0.39, 0.29) is 5.82 Å². The van der Waals surface area contributed by atoms with Gasteiger partial charge in [0.25, 0.3) is 0 Å². The van der Waals surface area contributed by atoms with E-state index in [9.17, 15) is 4.39 Å². The minimum Gasteiger partial charge on any atom is -0.381 e. The van der Waals surface area contributed by atoms with Gasteiger partial charge in [-0.2, -0.15) is 0 Å². The summed E-state index contributed by atoms with van der Waals surface area (Å²) < 4.78 is 20.3. The van der Waals surface area contributed by atoms with Gasteiger partial charge in [0.2, 0.25) is 0 Å². The van der Waals surface area contributed by atoms with E-state index in [0.29, 0.717) is 5.92 Å². The fourth-order valence-corrected chi connectivity index (χ4v) is 2.26. The van der Waals surface area contributed by atoms with Crippen LogP contribution in [0.2, 0.25) is 0 Å². The van der Waals surface area contributed by atoms with E-state index in [2.05, 4.69) is 9.55 Å². The Morgan fingerprint density at radius 3 is 2.89 bits per heavy atom. The Balaban J connectivity index is 1.74. The molecule has 0 aliphatic carbocycles. The van der Waals surface area contributed by atoms with Gasteiger partial charge in [0.1, 0.15) is 5.82 Å². The van der Waals surface area contributed by atoms with E-state index >= 15 is 0 Å². The van der Waals surface area contributed by atoms with Crippen LogP contribution in [0.1, 0.15) is 6.42 Å². The van der Waals surface area contributed by atoms with Crippen LogP contribution in [0.5, 0.6) is 0 Å². The summed E-state index contributed by atoms with van der Waals surface area (Å²) in [6, 6.07) is 6.42. The highest BCUT2D eigenvalue weighted by atomic mass is 19.1. The van der Waals surface area contributed by atoms with Crippen molar-refractivity contribution in [2.75, 3.05) is 13.2 Å². The zero-order chi connectivity index (χ0) is 12.4. The second kappa shape index (κ2) is 4.90. The van der Waals surface area contributed by atoms with Crippen molar-refractivity contribution in [1.82, 2.24) is 9.55 Å². The first-order chi connectivity index (χ1) is 8.81. The lowest BCUT2D eigenvalue weighted by Crippen LogP contribution is -2.08. The van der Waals surface area contributed by atoms with Crippen LogP contribution >= 0.6 is 0 Å². The lowest BCUT2D eigenvalue weighted by molar-refractivity contribution is 0.182. The molecule has 1 aromatic heterocycles. The Kier molecular flexibility index (Phi) is 3.11. The van der Waals surface area contributed by atoms with Crippen molar-refractivity contribution in [2.24, 2.45) is 5.92 Å². The number of imidazole rings is 1. The van der Waals surface area contributed by atoms with Crippen LogP contribution in [0.25, 0.3) is 11.3 Å². The van der Waals surface area contributed by atoms with Gasteiger partial charge in [-0.05, 0) is 30.7 Å². The van der Waals surface area contributed by atoms with Crippen molar-refractivity contribution in [3.05, 3.63) is 42.6 Å². The predicted octanol–water partition coefficient (Wildman–Crippen LogP) is 2.73. The smallest absolute Gasteiger partial charge is 0.123 e. The molecule has 4 heteroatoms. The number of benzene rings is 1. The Morgan fingerprint density at radius 2 is 2.17 bits per heavy atom. The SMILES string of the molecule is Fc1ccc(-c2cn(CC3CCOC3)cn2)cc1. The summed E-state index contributed by atoms with van der Waals surface area (Å²) in [6.07, 6.45) is 4.95. The molecule has 0 amide bonds. The minimum absolute atomic E-state index is 0.221. The molecule has 0 saturated carbocycles. The third-order valence-electron chi connectivity index (χ3n) is 3.27. The summed E-state index contributed by atoms with van der Waals surface area (Å²) in [5.74, 6) is 0.363. The van der Waals surface area contributed by atoms with Crippen molar-refractivity contribution < 1.29 is 9.13 Å². The zero-order valence-electron chi connectivity index (χ0n) is 10.1. The van der Waals surface area contributed by atoms with Gasteiger partial charge in [-0.25, -0.2) is 9.37 Å². The molecule has 2 heterocycles. The Bertz CT molecular complexity index is 515. The first kappa shape index (κ1) is 11.4. The normalized spacial score (nSPS) is 19.3.